The first-order valence-electron chi connectivity index (χ1n) is 6.12. The van der Waals surface area contributed by atoms with Crippen LogP contribution in [0.25, 0.3) is 0 Å². The number of ether oxygens (including phenoxy) is 1. The van der Waals surface area contributed by atoms with Gasteiger partial charge in [0.25, 0.3) is 0 Å². The molecular formula is C15H13BrClNO. The van der Waals surface area contributed by atoms with E-state index in [-0.39, 0.29) is 6.04 Å². The van der Waals surface area contributed by atoms with Gasteiger partial charge in [-0.15, -0.1) is 0 Å². The molecule has 1 N–H and O–H groups in total. The highest BCUT2D eigenvalue weighted by molar-refractivity contribution is 9.10. The van der Waals surface area contributed by atoms with Gasteiger partial charge in [-0.1, -0.05) is 41.9 Å². The summed E-state index contributed by atoms with van der Waals surface area (Å²) in [6.07, 6.45) is 0. The summed E-state index contributed by atoms with van der Waals surface area (Å²) in [7, 11) is 0. The van der Waals surface area contributed by atoms with E-state index in [4.69, 9.17) is 16.3 Å². The molecule has 4 heteroatoms. The molecule has 2 nitrogen and oxygen atoms in total. The van der Waals surface area contributed by atoms with E-state index >= 15 is 0 Å². The molecule has 2 aromatic rings. The molecule has 1 aliphatic rings. The fourth-order valence-corrected chi connectivity index (χ4v) is 2.86. The van der Waals surface area contributed by atoms with E-state index in [2.05, 4.69) is 39.4 Å². The van der Waals surface area contributed by atoms with Crippen molar-refractivity contribution in [3.8, 4) is 0 Å². The molecule has 0 aromatic heterocycles. The summed E-state index contributed by atoms with van der Waals surface area (Å²) < 4.78 is 6.53. The normalized spacial score (nSPS) is 17.9. The summed E-state index contributed by atoms with van der Waals surface area (Å²) in [6, 6.07) is 14.3. The van der Waals surface area contributed by atoms with Crippen molar-refractivity contribution in [2.24, 2.45) is 0 Å². The SMILES string of the molecule is Clc1cccc(NC2COCc3ccccc32)c1Br. The molecule has 0 bridgehead atoms. The van der Waals surface area contributed by atoms with Gasteiger partial charge in [0, 0.05) is 0 Å². The standard InChI is InChI=1S/C15H13BrClNO/c16-15-12(17)6-3-7-13(15)18-14-9-19-8-10-4-1-2-5-11(10)14/h1-7,14,18H,8-9H2. The Morgan fingerprint density at radius 2 is 2.00 bits per heavy atom. The van der Waals surface area contributed by atoms with Crippen LogP contribution in [0.4, 0.5) is 5.69 Å². The zero-order chi connectivity index (χ0) is 13.2. The molecule has 1 aliphatic heterocycles. The largest absolute Gasteiger partial charge is 0.375 e. The predicted octanol–water partition coefficient (Wildman–Crippen LogP) is 4.79. The summed E-state index contributed by atoms with van der Waals surface area (Å²) in [5, 5.41) is 4.19. The highest BCUT2D eigenvalue weighted by Gasteiger charge is 2.20. The van der Waals surface area contributed by atoms with Crippen molar-refractivity contribution in [1.82, 2.24) is 0 Å². The van der Waals surface area contributed by atoms with Crippen LogP contribution in [0.2, 0.25) is 5.02 Å². The summed E-state index contributed by atoms with van der Waals surface area (Å²) in [4.78, 5) is 0. The molecule has 0 fully saturated rings. The maximum atomic E-state index is 6.11. The minimum Gasteiger partial charge on any atom is -0.375 e. The van der Waals surface area contributed by atoms with Gasteiger partial charge in [-0.25, -0.2) is 0 Å². The first-order valence-corrected chi connectivity index (χ1v) is 7.29. The third kappa shape index (κ3) is 2.64. The zero-order valence-corrected chi connectivity index (χ0v) is 12.5. The Kier molecular flexibility index (Phi) is 3.78. The lowest BCUT2D eigenvalue weighted by Gasteiger charge is -2.27. The van der Waals surface area contributed by atoms with Crippen molar-refractivity contribution in [1.29, 1.82) is 0 Å². The van der Waals surface area contributed by atoms with Crippen LogP contribution in [-0.4, -0.2) is 6.61 Å². The van der Waals surface area contributed by atoms with Gasteiger partial charge in [0.1, 0.15) is 0 Å². The Balaban J connectivity index is 1.91. The van der Waals surface area contributed by atoms with Gasteiger partial charge in [0.05, 0.1) is 34.4 Å². The van der Waals surface area contributed by atoms with Gasteiger partial charge in [-0.05, 0) is 39.2 Å². The number of fused-ring (bicyclic) bond motifs is 1. The second-order valence-corrected chi connectivity index (χ2v) is 5.71. The molecule has 3 rings (SSSR count). The second kappa shape index (κ2) is 5.53. The minimum atomic E-state index is 0.153. The molecule has 98 valence electrons. The number of hydrogen-bond acceptors (Lipinski definition) is 2. The molecule has 0 radical (unpaired) electrons. The number of rotatable bonds is 2. The van der Waals surface area contributed by atoms with Gasteiger partial charge in [-0.2, -0.15) is 0 Å². The summed E-state index contributed by atoms with van der Waals surface area (Å²) >= 11 is 9.63. The van der Waals surface area contributed by atoms with Crippen molar-refractivity contribution in [2.45, 2.75) is 12.6 Å². The van der Waals surface area contributed by atoms with Gasteiger partial charge in [-0.3, -0.25) is 0 Å². The highest BCUT2D eigenvalue weighted by Crippen LogP contribution is 2.34. The molecule has 2 aromatic carbocycles. The van der Waals surface area contributed by atoms with Crippen LogP contribution in [0, 0.1) is 0 Å². The maximum absolute atomic E-state index is 6.11. The molecule has 0 amide bonds. The fourth-order valence-electron chi connectivity index (χ4n) is 2.30. The van der Waals surface area contributed by atoms with Crippen LogP contribution >= 0.6 is 27.5 Å². The number of nitrogens with one attached hydrogen (secondary N) is 1. The van der Waals surface area contributed by atoms with Crippen LogP contribution in [0.5, 0.6) is 0 Å². The molecule has 0 aliphatic carbocycles. The summed E-state index contributed by atoms with van der Waals surface area (Å²) in [5.41, 5.74) is 3.52. The van der Waals surface area contributed by atoms with E-state index in [1.54, 1.807) is 0 Å². The van der Waals surface area contributed by atoms with E-state index in [1.807, 2.05) is 24.3 Å². The maximum Gasteiger partial charge on any atom is 0.0751 e. The Labute approximate surface area is 125 Å². The lowest BCUT2D eigenvalue weighted by atomic mass is 9.99. The molecular weight excluding hydrogens is 326 g/mol. The molecule has 0 spiro atoms. The number of anilines is 1. The molecule has 19 heavy (non-hydrogen) atoms. The van der Waals surface area contributed by atoms with Crippen molar-refractivity contribution in [3.63, 3.8) is 0 Å². The average molecular weight is 339 g/mol. The zero-order valence-electron chi connectivity index (χ0n) is 10.2. The summed E-state index contributed by atoms with van der Waals surface area (Å²) in [5.74, 6) is 0. The molecule has 1 unspecified atom stereocenters. The Morgan fingerprint density at radius 3 is 2.89 bits per heavy atom. The monoisotopic (exact) mass is 337 g/mol. The van der Waals surface area contributed by atoms with Crippen LogP contribution in [-0.2, 0) is 11.3 Å². The molecule has 1 atom stereocenters. The van der Waals surface area contributed by atoms with E-state index in [1.165, 1.54) is 11.1 Å². The average Bonchev–Trinajstić information content (AvgIpc) is 2.44. The van der Waals surface area contributed by atoms with Gasteiger partial charge >= 0.3 is 0 Å². The first kappa shape index (κ1) is 13.0. The van der Waals surface area contributed by atoms with E-state index in [9.17, 15) is 0 Å². The lowest BCUT2D eigenvalue weighted by molar-refractivity contribution is 0.0970. The van der Waals surface area contributed by atoms with Crippen molar-refractivity contribution in [2.75, 3.05) is 11.9 Å². The molecule has 0 saturated heterocycles. The quantitative estimate of drug-likeness (QED) is 0.850. The Bertz CT molecular complexity index is 602. The number of hydrogen-bond donors (Lipinski definition) is 1. The van der Waals surface area contributed by atoms with Crippen LogP contribution in [0.1, 0.15) is 17.2 Å². The van der Waals surface area contributed by atoms with Crippen LogP contribution < -0.4 is 5.32 Å². The van der Waals surface area contributed by atoms with Gasteiger partial charge in [0.2, 0.25) is 0 Å². The summed E-state index contributed by atoms with van der Waals surface area (Å²) in [6.45, 7) is 1.35. The lowest BCUT2D eigenvalue weighted by Crippen LogP contribution is -2.23. The Morgan fingerprint density at radius 1 is 1.16 bits per heavy atom. The van der Waals surface area contributed by atoms with Gasteiger partial charge < -0.3 is 10.1 Å². The van der Waals surface area contributed by atoms with E-state index in [0.717, 1.165) is 10.2 Å². The van der Waals surface area contributed by atoms with Gasteiger partial charge in [0.15, 0.2) is 0 Å². The second-order valence-electron chi connectivity index (χ2n) is 4.51. The Hall–Kier alpha value is -1.03. The molecule has 1 heterocycles. The number of benzene rings is 2. The molecule has 0 saturated carbocycles. The van der Waals surface area contributed by atoms with Crippen molar-refractivity contribution >= 4 is 33.2 Å². The highest BCUT2D eigenvalue weighted by atomic mass is 79.9. The van der Waals surface area contributed by atoms with Crippen molar-refractivity contribution < 1.29 is 4.74 Å². The minimum absolute atomic E-state index is 0.153. The van der Waals surface area contributed by atoms with Crippen molar-refractivity contribution in [3.05, 3.63) is 63.1 Å². The van der Waals surface area contributed by atoms with E-state index in [0.29, 0.717) is 18.2 Å². The fraction of sp³-hybridized carbons (Fsp3) is 0.200. The third-order valence-electron chi connectivity index (χ3n) is 3.25. The first-order chi connectivity index (χ1) is 9.25. The topological polar surface area (TPSA) is 21.3 Å². The predicted molar refractivity (Wildman–Crippen MR) is 81.6 cm³/mol. The number of halogens is 2. The van der Waals surface area contributed by atoms with Crippen LogP contribution in [0.3, 0.4) is 0 Å². The van der Waals surface area contributed by atoms with E-state index < -0.39 is 0 Å². The smallest absolute Gasteiger partial charge is 0.0751 e. The third-order valence-corrected chi connectivity index (χ3v) is 4.65. The van der Waals surface area contributed by atoms with Crippen LogP contribution in [0.15, 0.2) is 46.9 Å².